The summed E-state index contributed by atoms with van der Waals surface area (Å²) >= 11 is 5.74. The van der Waals surface area contributed by atoms with Gasteiger partial charge in [-0.1, -0.05) is 30.7 Å². The van der Waals surface area contributed by atoms with Crippen LogP contribution in [0.1, 0.15) is 18.9 Å². The van der Waals surface area contributed by atoms with Crippen molar-refractivity contribution in [3.05, 3.63) is 34.9 Å². The lowest BCUT2D eigenvalue weighted by Crippen LogP contribution is -2.24. The summed E-state index contributed by atoms with van der Waals surface area (Å²) in [6.07, 6.45) is 1.01. The Balaban J connectivity index is 2.46. The molecular formula is C12H18ClNO2S. The smallest absolute Gasteiger partial charge is 0.155 e. The number of sulfone groups is 1. The molecule has 0 saturated heterocycles. The Bertz CT molecular complexity index is 428. The fraction of sp³-hybridized carbons (Fsp3) is 0.500. The number of benzene rings is 1. The maximum atomic E-state index is 11.8. The maximum Gasteiger partial charge on any atom is 0.155 e. The Morgan fingerprint density at radius 1 is 1.18 bits per heavy atom. The van der Waals surface area contributed by atoms with Gasteiger partial charge in [-0.25, -0.2) is 8.42 Å². The van der Waals surface area contributed by atoms with Gasteiger partial charge in [0.05, 0.1) is 11.5 Å². The summed E-state index contributed by atoms with van der Waals surface area (Å²) in [4.78, 5) is 0. The van der Waals surface area contributed by atoms with Gasteiger partial charge >= 0.3 is 0 Å². The fourth-order valence-electron chi connectivity index (χ4n) is 1.44. The monoisotopic (exact) mass is 275 g/mol. The molecule has 1 N–H and O–H groups in total. The largest absolute Gasteiger partial charge is 0.316 e. The van der Waals surface area contributed by atoms with Gasteiger partial charge in [0.25, 0.3) is 0 Å². The molecule has 0 bridgehead atoms. The molecule has 0 saturated carbocycles. The van der Waals surface area contributed by atoms with Crippen molar-refractivity contribution in [2.75, 3.05) is 18.8 Å². The molecule has 0 unspecified atom stereocenters. The van der Waals surface area contributed by atoms with E-state index in [2.05, 4.69) is 12.2 Å². The normalized spacial score (nSPS) is 11.6. The quantitative estimate of drug-likeness (QED) is 0.777. The highest BCUT2D eigenvalue weighted by Gasteiger charge is 2.11. The van der Waals surface area contributed by atoms with Crippen LogP contribution in [0.3, 0.4) is 0 Å². The number of hydrogen-bond donors (Lipinski definition) is 1. The molecule has 0 aliphatic carbocycles. The van der Waals surface area contributed by atoms with Crippen molar-refractivity contribution in [1.29, 1.82) is 0 Å². The van der Waals surface area contributed by atoms with E-state index >= 15 is 0 Å². The lowest BCUT2D eigenvalue weighted by molar-refractivity contribution is 0.589. The van der Waals surface area contributed by atoms with Crippen molar-refractivity contribution < 1.29 is 8.42 Å². The van der Waals surface area contributed by atoms with Gasteiger partial charge in [-0.3, -0.25) is 0 Å². The van der Waals surface area contributed by atoms with Crippen molar-refractivity contribution in [2.45, 2.75) is 19.1 Å². The Morgan fingerprint density at radius 2 is 1.82 bits per heavy atom. The van der Waals surface area contributed by atoms with Crippen molar-refractivity contribution in [1.82, 2.24) is 5.32 Å². The van der Waals surface area contributed by atoms with Crippen LogP contribution in [0.2, 0.25) is 5.02 Å². The zero-order valence-corrected chi connectivity index (χ0v) is 11.5. The molecule has 0 radical (unpaired) electrons. The third-order valence-electron chi connectivity index (χ3n) is 2.32. The molecule has 0 amide bonds. The molecule has 5 heteroatoms. The predicted octanol–water partition coefficient (Wildman–Crippen LogP) is 2.25. The molecule has 1 aromatic carbocycles. The second-order valence-electron chi connectivity index (χ2n) is 3.97. The van der Waals surface area contributed by atoms with Gasteiger partial charge < -0.3 is 5.32 Å². The van der Waals surface area contributed by atoms with Crippen LogP contribution in [0.4, 0.5) is 0 Å². The lowest BCUT2D eigenvalue weighted by Gasteiger charge is -2.05. The topological polar surface area (TPSA) is 46.2 Å². The van der Waals surface area contributed by atoms with E-state index in [1.54, 1.807) is 24.3 Å². The first-order valence-electron chi connectivity index (χ1n) is 5.69. The minimum atomic E-state index is -3.03. The molecular weight excluding hydrogens is 258 g/mol. The molecule has 1 aromatic rings. The molecule has 0 aliphatic rings. The van der Waals surface area contributed by atoms with Crippen molar-refractivity contribution >= 4 is 21.4 Å². The van der Waals surface area contributed by atoms with E-state index < -0.39 is 9.84 Å². The molecule has 1 rings (SSSR count). The van der Waals surface area contributed by atoms with Gasteiger partial charge in [0, 0.05) is 11.6 Å². The maximum absolute atomic E-state index is 11.8. The number of rotatable bonds is 7. The van der Waals surface area contributed by atoms with Gasteiger partial charge in [-0.15, -0.1) is 0 Å². The van der Waals surface area contributed by atoms with E-state index in [0.717, 1.165) is 18.5 Å². The zero-order valence-electron chi connectivity index (χ0n) is 9.95. The molecule has 0 fully saturated rings. The minimum Gasteiger partial charge on any atom is -0.316 e. The van der Waals surface area contributed by atoms with E-state index in [1.807, 2.05) is 0 Å². The van der Waals surface area contributed by atoms with Crippen LogP contribution in [0, 0.1) is 0 Å². The molecule has 0 atom stereocenters. The van der Waals surface area contributed by atoms with Gasteiger partial charge in [0.1, 0.15) is 0 Å². The Labute approximate surface area is 108 Å². The number of hydrogen-bond acceptors (Lipinski definition) is 3. The van der Waals surface area contributed by atoms with Crippen LogP contribution >= 0.6 is 11.6 Å². The highest BCUT2D eigenvalue weighted by Crippen LogP contribution is 2.12. The highest BCUT2D eigenvalue weighted by molar-refractivity contribution is 7.90. The van der Waals surface area contributed by atoms with Gasteiger partial charge in [-0.2, -0.15) is 0 Å². The van der Waals surface area contributed by atoms with Crippen LogP contribution in [-0.4, -0.2) is 27.3 Å². The van der Waals surface area contributed by atoms with Gasteiger partial charge in [-0.05, 0) is 30.7 Å². The molecule has 17 heavy (non-hydrogen) atoms. The standard InChI is InChI=1S/C12H18ClNO2S/c1-2-7-14-8-9-17(15,16)10-11-3-5-12(13)6-4-11/h3-6,14H,2,7-10H2,1H3. The summed E-state index contributed by atoms with van der Waals surface area (Å²) in [5.41, 5.74) is 0.782. The first-order valence-corrected chi connectivity index (χ1v) is 7.89. The Hall–Kier alpha value is -0.580. The zero-order chi connectivity index (χ0) is 12.7. The van der Waals surface area contributed by atoms with E-state index in [9.17, 15) is 8.42 Å². The number of nitrogens with one attached hydrogen (secondary N) is 1. The predicted molar refractivity (Wildman–Crippen MR) is 72.1 cm³/mol. The van der Waals surface area contributed by atoms with Crippen molar-refractivity contribution in [3.8, 4) is 0 Å². The van der Waals surface area contributed by atoms with Crippen LogP contribution in [0.15, 0.2) is 24.3 Å². The van der Waals surface area contributed by atoms with Crippen molar-refractivity contribution in [3.63, 3.8) is 0 Å². The Morgan fingerprint density at radius 3 is 2.41 bits per heavy atom. The first-order chi connectivity index (χ1) is 8.03. The van der Waals surface area contributed by atoms with Crippen LogP contribution in [0.5, 0.6) is 0 Å². The molecule has 0 aromatic heterocycles. The highest BCUT2D eigenvalue weighted by atomic mass is 35.5. The second-order valence-corrected chi connectivity index (χ2v) is 6.59. The van der Waals surface area contributed by atoms with E-state index in [-0.39, 0.29) is 11.5 Å². The van der Waals surface area contributed by atoms with Gasteiger partial charge in [0.15, 0.2) is 9.84 Å². The summed E-state index contributed by atoms with van der Waals surface area (Å²) in [5.74, 6) is 0.258. The van der Waals surface area contributed by atoms with Gasteiger partial charge in [0.2, 0.25) is 0 Å². The third kappa shape index (κ3) is 6.05. The molecule has 0 aliphatic heterocycles. The summed E-state index contributed by atoms with van der Waals surface area (Å²) in [6.45, 7) is 3.43. The average molecular weight is 276 g/mol. The summed E-state index contributed by atoms with van der Waals surface area (Å²) in [5, 5.41) is 3.71. The van der Waals surface area contributed by atoms with Crippen LogP contribution in [0.25, 0.3) is 0 Å². The number of halogens is 1. The summed E-state index contributed by atoms with van der Waals surface area (Å²) in [7, 11) is -3.03. The molecule has 0 spiro atoms. The summed E-state index contributed by atoms with van der Waals surface area (Å²) < 4.78 is 23.6. The fourth-order valence-corrected chi connectivity index (χ4v) is 2.86. The SMILES string of the molecule is CCCNCCS(=O)(=O)Cc1ccc(Cl)cc1. The molecule has 3 nitrogen and oxygen atoms in total. The summed E-state index contributed by atoms with van der Waals surface area (Å²) in [6, 6.07) is 6.92. The van der Waals surface area contributed by atoms with E-state index in [4.69, 9.17) is 11.6 Å². The molecule has 96 valence electrons. The minimum absolute atomic E-state index is 0.0813. The molecule has 0 heterocycles. The Kier molecular flexibility index (Phi) is 5.95. The first kappa shape index (κ1) is 14.5. The van der Waals surface area contributed by atoms with Crippen LogP contribution < -0.4 is 5.32 Å². The van der Waals surface area contributed by atoms with E-state index in [1.165, 1.54) is 0 Å². The van der Waals surface area contributed by atoms with Crippen molar-refractivity contribution in [2.24, 2.45) is 0 Å². The third-order valence-corrected chi connectivity index (χ3v) is 4.17. The lowest BCUT2D eigenvalue weighted by atomic mass is 10.2. The van der Waals surface area contributed by atoms with E-state index in [0.29, 0.717) is 11.6 Å². The van der Waals surface area contributed by atoms with Crippen LogP contribution in [-0.2, 0) is 15.6 Å². The average Bonchev–Trinajstić information content (AvgIpc) is 2.27. The second kappa shape index (κ2) is 6.99.